The number of ether oxygens (including phenoxy) is 2. The van der Waals surface area contributed by atoms with Gasteiger partial charge >= 0.3 is 5.97 Å². The first-order chi connectivity index (χ1) is 13.2. The number of rotatable bonds is 8. The van der Waals surface area contributed by atoms with Crippen LogP contribution < -0.4 is 10.1 Å². The highest BCUT2D eigenvalue weighted by atomic mass is 32.2. The van der Waals surface area contributed by atoms with Crippen LogP contribution in [0.2, 0.25) is 0 Å². The van der Waals surface area contributed by atoms with Crippen LogP contribution in [-0.4, -0.2) is 51.9 Å². The fourth-order valence-electron chi connectivity index (χ4n) is 2.18. The van der Waals surface area contributed by atoms with Gasteiger partial charge in [-0.05, 0) is 36.8 Å². The van der Waals surface area contributed by atoms with Gasteiger partial charge in [0.05, 0.1) is 4.90 Å². The number of anilines is 1. The molecule has 1 N–H and O–H groups in total. The van der Waals surface area contributed by atoms with E-state index in [0.29, 0.717) is 5.75 Å². The Kier molecular flexibility index (Phi) is 7.13. The molecule has 0 heterocycles. The van der Waals surface area contributed by atoms with E-state index in [2.05, 4.69) is 5.32 Å². The highest BCUT2D eigenvalue weighted by Gasteiger charge is 2.18. The number of hydrogen-bond donors (Lipinski definition) is 1. The summed E-state index contributed by atoms with van der Waals surface area (Å²) in [6.07, 6.45) is 0. The average molecular weight is 406 g/mol. The standard InChI is InChI=1S/C19H22N2O6S/c1-14-7-4-5-10-17(14)26-13-19(23)27-12-18(22)20-15-8-6-9-16(11-15)28(24,25)21(2)3/h4-11H,12-13H2,1-3H3,(H,20,22). The van der Waals surface area contributed by atoms with E-state index in [0.717, 1.165) is 9.87 Å². The molecule has 0 saturated heterocycles. The van der Waals surface area contributed by atoms with E-state index in [1.165, 1.54) is 38.4 Å². The van der Waals surface area contributed by atoms with Crippen molar-refractivity contribution in [2.75, 3.05) is 32.6 Å². The summed E-state index contributed by atoms with van der Waals surface area (Å²) in [7, 11) is -0.787. The van der Waals surface area contributed by atoms with Gasteiger partial charge < -0.3 is 14.8 Å². The van der Waals surface area contributed by atoms with Crippen molar-refractivity contribution >= 4 is 27.6 Å². The molecule has 0 aliphatic heterocycles. The summed E-state index contributed by atoms with van der Waals surface area (Å²) in [5.74, 6) is -0.728. The van der Waals surface area contributed by atoms with Crippen molar-refractivity contribution in [3.8, 4) is 5.75 Å². The van der Waals surface area contributed by atoms with Gasteiger partial charge in [0.1, 0.15) is 5.75 Å². The maximum atomic E-state index is 12.1. The maximum Gasteiger partial charge on any atom is 0.344 e. The molecule has 2 aromatic rings. The quantitative estimate of drug-likeness (QED) is 0.671. The van der Waals surface area contributed by atoms with Crippen LogP contribution in [0.15, 0.2) is 53.4 Å². The Morgan fingerprint density at radius 2 is 1.75 bits per heavy atom. The van der Waals surface area contributed by atoms with Crippen molar-refractivity contribution in [1.82, 2.24) is 4.31 Å². The number of esters is 1. The SMILES string of the molecule is Cc1ccccc1OCC(=O)OCC(=O)Nc1cccc(S(=O)(=O)N(C)C)c1. The zero-order valence-electron chi connectivity index (χ0n) is 15.8. The van der Waals surface area contributed by atoms with Crippen LogP contribution in [0.4, 0.5) is 5.69 Å². The number of benzene rings is 2. The normalized spacial score (nSPS) is 11.1. The molecule has 0 aliphatic carbocycles. The van der Waals surface area contributed by atoms with Gasteiger partial charge in [-0.1, -0.05) is 24.3 Å². The summed E-state index contributed by atoms with van der Waals surface area (Å²) in [6.45, 7) is 1.01. The number of carbonyl (C=O) groups excluding carboxylic acids is 2. The lowest BCUT2D eigenvalue weighted by Crippen LogP contribution is -2.24. The van der Waals surface area contributed by atoms with Crippen molar-refractivity contribution in [2.24, 2.45) is 0 Å². The number of nitrogens with zero attached hydrogens (tertiary/aromatic N) is 1. The maximum absolute atomic E-state index is 12.1. The van der Waals surface area contributed by atoms with Crippen molar-refractivity contribution in [3.63, 3.8) is 0 Å². The van der Waals surface area contributed by atoms with E-state index in [-0.39, 0.29) is 17.2 Å². The Bertz CT molecular complexity index is 956. The first-order valence-corrected chi connectivity index (χ1v) is 9.80. The third-order valence-corrected chi connectivity index (χ3v) is 5.51. The Morgan fingerprint density at radius 3 is 2.43 bits per heavy atom. The lowest BCUT2D eigenvalue weighted by Gasteiger charge is -2.13. The number of nitrogens with one attached hydrogen (secondary N) is 1. The summed E-state index contributed by atoms with van der Waals surface area (Å²) >= 11 is 0. The predicted molar refractivity (Wildman–Crippen MR) is 104 cm³/mol. The minimum Gasteiger partial charge on any atom is -0.482 e. The van der Waals surface area contributed by atoms with E-state index in [4.69, 9.17) is 9.47 Å². The molecule has 28 heavy (non-hydrogen) atoms. The lowest BCUT2D eigenvalue weighted by molar-refractivity contribution is -0.149. The van der Waals surface area contributed by atoms with E-state index in [9.17, 15) is 18.0 Å². The first kappa shape index (κ1) is 21.4. The Labute approximate surface area is 164 Å². The van der Waals surface area contributed by atoms with Gasteiger partial charge in [-0.25, -0.2) is 17.5 Å². The molecule has 0 spiro atoms. The van der Waals surface area contributed by atoms with Crippen LogP contribution in [-0.2, 0) is 24.3 Å². The van der Waals surface area contributed by atoms with Crippen molar-refractivity contribution in [2.45, 2.75) is 11.8 Å². The summed E-state index contributed by atoms with van der Waals surface area (Å²) in [6, 6.07) is 13.0. The van der Waals surface area contributed by atoms with Crippen molar-refractivity contribution in [1.29, 1.82) is 0 Å². The van der Waals surface area contributed by atoms with Gasteiger partial charge in [0.25, 0.3) is 5.91 Å². The van der Waals surface area contributed by atoms with Gasteiger partial charge in [0, 0.05) is 19.8 Å². The number of aryl methyl sites for hydroxylation is 1. The van der Waals surface area contributed by atoms with Crippen LogP contribution in [0.3, 0.4) is 0 Å². The zero-order chi connectivity index (χ0) is 20.7. The van der Waals surface area contributed by atoms with Crippen LogP contribution in [0, 0.1) is 6.92 Å². The average Bonchev–Trinajstić information content (AvgIpc) is 2.66. The molecular formula is C19H22N2O6S. The number of sulfonamides is 1. The minimum absolute atomic E-state index is 0.0407. The molecule has 8 nitrogen and oxygen atoms in total. The number of para-hydroxylation sites is 1. The highest BCUT2D eigenvalue weighted by molar-refractivity contribution is 7.89. The number of carbonyl (C=O) groups is 2. The molecule has 0 bridgehead atoms. The minimum atomic E-state index is -3.62. The molecule has 150 valence electrons. The molecule has 0 atom stereocenters. The molecule has 0 aliphatic rings. The van der Waals surface area contributed by atoms with Gasteiger partial charge in [-0.3, -0.25) is 4.79 Å². The van der Waals surface area contributed by atoms with Gasteiger partial charge in [-0.15, -0.1) is 0 Å². The summed E-state index contributed by atoms with van der Waals surface area (Å²) in [5.41, 5.74) is 1.15. The second kappa shape index (κ2) is 9.34. The third kappa shape index (κ3) is 5.80. The Hall–Kier alpha value is -2.91. The Morgan fingerprint density at radius 1 is 1.04 bits per heavy atom. The van der Waals surface area contributed by atoms with Gasteiger partial charge in [0.15, 0.2) is 13.2 Å². The molecule has 2 aromatic carbocycles. The van der Waals surface area contributed by atoms with Crippen molar-refractivity contribution < 1.29 is 27.5 Å². The topological polar surface area (TPSA) is 102 Å². The summed E-state index contributed by atoms with van der Waals surface area (Å²) < 4.78 is 35.5. The summed E-state index contributed by atoms with van der Waals surface area (Å²) in [4.78, 5) is 23.7. The molecular weight excluding hydrogens is 384 g/mol. The number of hydrogen-bond acceptors (Lipinski definition) is 6. The predicted octanol–water partition coefficient (Wildman–Crippen LogP) is 1.81. The first-order valence-electron chi connectivity index (χ1n) is 8.36. The molecule has 0 unspecified atom stereocenters. The molecule has 1 amide bonds. The highest BCUT2D eigenvalue weighted by Crippen LogP contribution is 2.18. The molecule has 9 heteroatoms. The Balaban J connectivity index is 1.86. The second-order valence-corrected chi connectivity index (χ2v) is 8.23. The van der Waals surface area contributed by atoms with E-state index in [1.807, 2.05) is 19.1 Å². The summed E-state index contributed by atoms with van der Waals surface area (Å²) in [5, 5.41) is 2.49. The third-order valence-electron chi connectivity index (χ3n) is 3.70. The molecule has 2 rings (SSSR count). The molecule has 0 saturated carbocycles. The van der Waals surface area contributed by atoms with Crippen LogP contribution in [0.5, 0.6) is 5.75 Å². The van der Waals surface area contributed by atoms with Crippen LogP contribution in [0.25, 0.3) is 0 Å². The lowest BCUT2D eigenvalue weighted by atomic mass is 10.2. The fourth-order valence-corrected chi connectivity index (χ4v) is 3.13. The van der Waals surface area contributed by atoms with Crippen LogP contribution in [0.1, 0.15) is 5.56 Å². The molecule has 0 aromatic heterocycles. The molecule has 0 radical (unpaired) electrons. The van der Waals surface area contributed by atoms with E-state index < -0.39 is 28.5 Å². The largest absolute Gasteiger partial charge is 0.482 e. The van der Waals surface area contributed by atoms with Crippen molar-refractivity contribution in [3.05, 3.63) is 54.1 Å². The fraction of sp³-hybridized carbons (Fsp3) is 0.263. The molecule has 0 fully saturated rings. The van der Waals surface area contributed by atoms with Gasteiger partial charge in [-0.2, -0.15) is 0 Å². The van der Waals surface area contributed by atoms with Crippen LogP contribution >= 0.6 is 0 Å². The zero-order valence-corrected chi connectivity index (χ0v) is 16.7. The van der Waals surface area contributed by atoms with Gasteiger partial charge in [0.2, 0.25) is 10.0 Å². The monoisotopic (exact) mass is 406 g/mol. The second-order valence-electron chi connectivity index (χ2n) is 6.08. The van der Waals surface area contributed by atoms with E-state index in [1.54, 1.807) is 12.1 Å². The number of amides is 1. The smallest absolute Gasteiger partial charge is 0.344 e. The van der Waals surface area contributed by atoms with E-state index >= 15 is 0 Å².